The lowest BCUT2D eigenvalue weighted by atomic mass is 9.43. The number of hydrogen-bond donors (Lipinski definition) is 4. The van der Waals surface area contributed by atoms with Gasteiger partial charge in [-0.25, -0.2) is 0 Å². The standard InChI is InChI=1S/C24H38O2.C24H40O.C22H36O2.C22H38O/c1-15(2)24-12-10-21-19(22(24)8-7-20(24)16(3)26)6-5-18-13-17(14-25)9-11-23(18,21)4;1-15(2)24-13-11-21-19(22(24)9-8-20(24)17(4)25)7-6-18-14-16(3)10-12-23(18,21)5;1-13-8-10-21(3)15(12-13)4-5-16-18(21)9-11-22-17(6-7-19(16)22)14(2)24-20(22)23;1-14-9-11-21(3)16(13-14)5-6-17-19-8-7-18(15(2)23)22(19,4)12-10-20(17)21/h17-22,25H,1,5-14H2,2-4H3;16-22,25H,1,6-14H2,2-5H3;13-20,23H,4-12H2,1-3H3;14-20,23H,5-13H2,1-4H3/t17-,18+,19-,20-,21+,22+,23+,24+;16-,17-,18+,19-,20-,21+,22+,23+,24+;13-,14-,15+,16-,17-,18+,19+,20?,21+,22+;14-,15-,16+,17+,18-,19+,20+,21+,22-/m1111/s1. The third-order valence-corrected chi connectivity index (χ3v) is 39.3. The summed E-state index contributed by atoms with van der Waals surface area (Å²) in [6.07, 6.45) is 48.7. The van der Waals surface area contributed by atoms with Crippen LogP contribution in [0.2, 0.25) is 0 Å². The molecule has 0 aromatic carbocycles. The maximum Gasteiger partial charge on any atom is 0.161 e. The van der Waals surface area contributed by atoms with E-state index in [4.69, 9.17) is 4.74 Å². The third-order valence-electron chi connectivity index (χ3n) is 39.3. The van der Waals surface area contributed by atoms with E-state index in [1.807, 2.05) is 20.8 Å². The first-order chi connectivity index (χ1) is 46.5. The van der Waals surface area contributed by atoms with E-state index >= 15 is 0 Å². The fraction of sp³-hybridized carbons (Fsp3) is 0.946. The van der Waals surface area contributed by atoms with E-state index in [0.29, 0.717) is 69.1 Å². The Kier molecular flexibility index (Phi) is 20.6. The van der Waals surface area contributed by atoms with E-state index < -0.39 is 6.29 Å². The lowest BCUT2D eigenvalue weighted by Gasteiger charge is -2.62. The SMILES string of the molecule is C=C(C)[C@]12CC[C@H]3[C@@H](CC[C@H]4C[C@H](C)CC[C@@]43C)[C@@H]1CC[C@@H]2[C@@H](C)O.C=C(C)[C@]12CC[C@H]3[C@@H](CC[C@H]4C[C@H](CO)CC[C@@]43C)[C@@H]1CC[C@@H]2C(C)=O.C[C@@H]1CC[C@@]2(C)[C@@H](CC[C@@H]3[C@@H]2CC[C@]2(C)[C@@H]([C@@H](C)O)CC[C@@H]32)C1.C[C@@H]1CC[C@@]2(C)[C@@H](CC[C@@H]3[C@@H]2CC[C@]24C(O)O[C@H](C)[C@H]2CC[C@@H]34)C1. The van der Waals surface area contributed by atoms with Gasteiger partial charge in [0.2, 0.25) is 0 Å². The van der Waals surface area contributed by atoms with Crippen LogP contribution in [0.25, 0.3) is 0 Å². The van der Waals surface area contributed by atoms with Crippen molar-refractivity contribution in [2.45, 2.75) is 353 Å². The normalized spacial score (nSPS) is 55.8. The Hall–Kier alpha value is -1.05. The topological polar surface area (TPSA) is 107 Å². The smallest absolute Gasteiger partial charge is 0.161 e. The molecule has 0 radical (unpaired) electrons. The van der Waals surface area contributed by atoms with Crippen molar-refractivity contribution in [3.05, 3.63) is 24.3 Å². The molecule has 0 amide bonds. The molecule has 0 aromatic rings. The molecule has 1 saturated heterocycles. The van der Waals surface area contributed by atoms with Crippen molar-refractivity contribution >= 4 is 5.78 Å². The molecule has 6 heteroatoms. The fourth-order valence-corrected chi connectivity index (χ4v) is 34.4. The van der Waals surface area contributed by atoms with E-state index in [1.54, 1.807) is 0 Å². The molecule has 16 aliphatic carbocycles. The number of Topliss-reactive ketones (excluding diaryl/α,β-unsaturated/α-hetero) is 1. The molecule has 16 saturated carbocycles. The summed E-state index contributed by atoms with van der Waals surface area (Å²) >= 11 is 0. The number of hydrogen-bond acceptors (Lipinski definition) is 6. The summed E-state index contributed by atoms with van der Waals surface area (Å²) in [6.45, 7) is 42.4. The Morgan fingerprint density at radius 2 is 0.776 bits per heavy atom. The Morgan fingerprint density at radius 1 is 0.408 bits per heavy atom. The van der Waals surface area contributed by atoms with Gasteiger partial charge < -0.3 is 25.2 Å². The summed E-state index contributed by atoms with van der Waals surface area (Å²) in [5.74, 6) is 19.7. The van der Waals surface area contributed by atoms with E-state index in [9.17, 15) is 25.2 Å². The van der Waals surface area contributed by atoms with Gasteiger partial charge in [0, 0.05) is 23.4 Å². The average Bonchev–Trinajstić information content (AvgIpc) is 1.49. The number of ketones is 1. The zero-order valence-electron chi connectivity index (χ0n) is 65.8. The van der Waals surface area contributed by atoms with Crippen LogP contribution in [0.4, 0.5) is 0 Å². The first-order valence-corrected chi connectivity index (χ1v) is 43.6. The van der Waals surface area contributed by atoms with Crippen LogP contribution in [0.3, 0.4) is 0 Å². The van der Waals surface area contributed by atoms with Crippen molar-refractivity contribution < 1.29 is 30.0 Å². The predicted octanol–water partition coefficient (Wildman–Crippen LogP) is 22.3. The number of aliphatic hydroxyl groups is 4. The molecule has 36 atom stereocenters. The molecule has 1 spiro atoms. The first-order valence-electron chi connectivity index (χ1n) is 43.6. The highest BCUT2D eigenvalue weighted by atomic mass is 16.6. The lowest BCUT2D eigenvalue weighted by molar-refractivity contribution is -0.190. The monoisotopic (exact) mass is 1350 g/mol. The Bertz CT molecular complexity index is 2860. The number of fused-ring (bicyclic) bond motifs is 19. The Balaban J connectivity index is 0.000000112. The van der Waals surface area contributed by atoms with Gasteiger partial charge in [0.15, 0.2) is 6.29 Å². The van der Waals surface area contributed by atoms with Crippen molar-refractivity contribution in [2.75, 3.05) is 6.61 Å². The highest BCUT2D eigenvalue weighted by Crippen LogP contribution is 2.75. The minimum atomic E-state index is -0.483. The summed E-state index contributed by atoms with van der Waals surface area (Å²) in [6, 6.07) is 0. The van der Waals surface area contributed by atoms with Gasteiger partial charge in [0.05, 0.1) is 18.3 Å². The zero-order valence-corrected chi connectivity index (χ0v) is 65.8. The largest absolute Gasteiger partial charge is 0.396 e. The molecule has 4 N–H and O–H groups in total. The molecule has 98 heavy (non-hydrogen) atoms. The van der Waals surface area contributed by atoms with Crippen molar-refractivity contribution in [1.29, 1.82) is 0 Å². The van der Waals surface area contributed by atoms with Crippen LogP contribution in [0.15, 0.2) is 24.3 Å². The van der Waals surface area contributed by atoms with Crippen LogP contribution < -0.4 is 0 Å². The number of carbonyl (C=O) groups is 1. The minimum absolute atomic E-state index is 0.0957. The van der Waals surface area contributed by atoms with Gasteiger partial charge in [-0.3, -0.25) is 4.79 Å². The molecule has 0 aromatic heterocycles. The fourth-order valence-electron chi connectivity index (χ4n) is 34.4. The van der Waals surface area contributed by atoms with Gasteiger partial charge >= 0.3 is 0 Å². The number of ether oxygens (including phenoxy) is 1. The van der Waals surface area contributed by atoms with Crippen LogP contribution in [-0.4, -0.2) is 57.4 Å². The number of allylic oxidation sites excluding steroid dienone is 2. The Morgan fingerprint density at radius 3 is 1.26 bits per heavy atom. The second-order valence-electron chi connectivity index (χ2n) is 42.5. The van der Waals surface area contributed by atoms with Crippen LogP contribution in [0.1, 0.15) is 328 Å². The molecule has 17 fully saturated rings. The lowest BCUT2D eigenvalue weighted by Crippen LogP contribution is -2.55. The molecule has 556 valence electrons. The van der Waals surface area contributed by atoms with Crippen molar-refractivity contribution in [3.63, 3.8) is 0 Å². The molecule has 1 heterocycles. The summed E-state index contributed by atoms with van der Waals surface area (Å²) in [5, 5.41) is 41.4. The van der Waals surface area contributed by atoms with E-state index in [2.05, 4.69) is 89.3 Å². The third kappa shape index (κ3) is 11.4. The van der Waals surface area contributed by atoms with Gasteiger partial charge in [-0.2, -0.15) is 0 Å². The van der Waals surface area contributed by atoms with Gasteiger partial charge in [0.25, 0.3) is 0 Å². The summed E-state index contributed by atoms with van der Waals surface area (Å²) in [7, 11) is 0. The molecule has 17 rings (SSSR count). The van der Waals surface area contributed by atoms with E-state index in [-0.39, 0.29) is 40.5 Å². The first kappa shape index (κ1) is 73.8. The second kappa shape index (κ2) is 27.3. The quantitative estimate of drug-likeness (QED) is 0.197. The van der Waals surface area contributed by atoms with Crippen LogP contribution in [0, 0.1) is 185 Å². The van der Waals surface area contributed by atoms with Crippen molar-refractivity contribution in [1.82, 2.24) is 0 Å². The second-order valence-corrected chi connectivity index (χ2v) is 42.5. The summed E-state index contributed by atoms with van der Waals surface area (Å²) < 4.78 is 5.97. The highest BCUT2D eigenvalue weighted by Gasteiger charge is 2.70. The molecule has 17 aliphatic rings. The van der Waals surface area contributed by atoms with Crippen LogP contribution in [-0.2, 0) is 9.53 Å². The van der Waals surface area contributed by atoms with E-state index in [0.717, 1.165) is 113 Å². The summed E-state index contributed by atoms with van der Waals surface area (Å²) in [4.78, 5) is 12.5. The van der Waals surface area contributed by atoms with Crippen LogP contribution >= 0.6 is 0 Å². The Labute approximate surface area is 601 Å². The highest BCUT2D eigenvalue weighted by molar-refractivity contribution is 5.80. The number of rotatable bonds is 6. The molecule has 0 bridgehead atoms. The van der Waals surface area contributed by atoms with E-state index in [1.165, 1.54) is 236 Å². The molecular formula is C92H152O6. The number of aliphatic hydroxyl groups excluding tert-OH is 4. The summed E-state index contributed by atoms with van der Waals surface area (Å²) in [5.41, 5.74) is 5.83. The minimum Gasteiger partial charge on any atom is -0.396 e. The maximum atomic E-state index is 12.5. The zero-order chi connectivity index (χ0) is 69.8. The van der Waals surface area contributed by atoms with Crippen molar-refractivity contribution in [2.24, 2.45) is 185 Å². The molecule has 6 nitrogen and oxygen atoms in total. The van der Waals surface area contributed by atoms with Gasteiger partial charge in [0.1, 0.15) is 5.78 Å². The van der Waals surface area contributed by atoms with Crippen LogP contribution in [0.5, 0.6) is 0 Å². The predicted molar refractivity (Wildman–Crippen MR) is 402 cm³/mol. The van der Waals surface area contributed by atoms with Gasteiger partial charge in [-0.05, 0) is 422 Å². The van der Waals surface area contributed by atoms with Gasteiger partial charge in [-0.15, -0.1) is 0 Å². The molecule has 1 aliphatic heterocycles. The number of carbonyl (C=O) groups excluding carboxylic acids is 1. The molecule has 1 unspecified atom stereocenters. The maximum absolute atomic E-state index is 12.5. The average molecular weight is 1350 g/mol. The van der Waals surface area contributed by atoms with Crippen molar-refractivity contribution in [3.8, 4) is 0 Å². The van der Waals surface area contributed by atoms with Gasteiger partial charge in [-0.1, -0.05) is 99.0 Å². The molecular weight excluding hydrogens is 1200 g/mol.